The first-order valence-electron chi connectivity index (χ1n) is 14.3. The van der Waals surface area contributed by atoms with Crippen LogP contribution in [0.3, 0.4) is 0 Å². The van der Waals surface area contributed by atoms with E-state index in [2.05, 4.69) is 34.1 Å². The number of likely N-dealkylation sites (tertiary alicyclic amines) is 1. The minimum atomic E-state index is 0.328. The van der Waals surface area contributed by atoms with E-state index in [1.165, 1.54) is 38.8 Å². The predicted octanol–water partition coefficient (Wildman–Crippen LogP) is 5.06. The summed E-state index contributed by atoms with van der Waals surface area (Å²) in [5, 5.41) is 17.5. The summed E-state index contributed by atoms with van der Waals surface area (Å²) in [5.41, 5.74) is 3.80. The highest BCUT2D eigenvalue weighted by atomic mass is 16.5. The van der Waals surface area contributed by atoms with Gasteiger partial charge in [0.15, 0.2) is 6.29 Å². The second-order valence-electron chi connectivity index (χ2n) is 11.4. The molecule has 8 nitrogen and oxygen atoms in total. The van der Waals surface area contributed by atoms with E-state index in [0.717, 1.165) is 53.6 Å². The molecule has 1 saturated carbocycles. The van der Waals surface area contributed by atoms with E-state index >= 15 is 0 Å². The number of aldehydes is 1. The summed E-state index contributed by atoms with van der Waals surface area (Å²) in [6.07, 6.45) is 6.24. The second kappa shape index (κ2) is 12.8. The number of ether oxygens (including phenoxy) is 2. The molecule has 3 heterocycles. The smallest absolute Gasteiger partial charge is 0.168 e. The first kappa shape index (κ1) is 28.7. The molecule has 1 aliphatic carbocycles. The Hall–Kier alpha value is -3.77. The summed E-state index contributed by atoms with van der Waals surface area (Å²) in [6.45, 7) is 8.69. The van der Waals surface area contributed by atoms with Gasteiger partial charge in [0.2, 0.25) is 0 Å². The van der Waals surface area contributed by atoms with Crippen molar-refractivity contribution < 1.29 is 14.3 Å². The zero-order chi connectivity index (χ0) is 28.8. The van der Waals surface area contributed by atoms with Crippen LogP contribution in [0.15, 0.2) is 60.7 Å². The summed E-state index contributed by atoms with van der Waals surface area (Å²) in [5.74, 6) is 0.676. The van der Waals surface area contributed by atoms with Crippen LogP contribution in [0, 0.1) is 16.7 Å². The van der Waals surface area contributed by atoms with Gasteiger partial charge in [-0.15, -0.1) is 0 Å². The molecule has 2 N–H and O–H groups in total. The Morgan fingerprint density at radius 1 is 1.20 bits per heavy atom. The first-order chi connectivity index (χ1) is 20.0. The predicted molar refractivity (Wildman–Crippen MR) is 162 cm³/mol. The number of benzene rings is 2. The molecule has 0 bridgehead atoms. The molecule has 3 aromatic rings. The summed E-state index contributed by atoms with van der Waals surface area (Å²) < 4.78 is 10.8. The van der Waals surface area contributed by atoms with Crippen molar-refractivity contribution in [3.63, 3.8) is 0 Å². The zero-order valence-corrected chi connectivity index (χ0v) is 24.0. The lowest BCUT2D eigenvalue weighted by Crippen LogP contribution is -2.68. The third-order valence-electron chi connectivity index (χ3n) is 8.54. The van der Waals surface area contributed by atoms with Gasteiger partial charge in [-0.1, -0.05) is 30.8 Å². The van der Waals surface area contributed by atoms with Crippen LogP contribution in [-0.2, 0) is 4.74 Å². The van der Waals surface area contributed by atoms with Gasteiger partial charge in [-0.3, -0.25) is 9.69 Å². The number of aromatic nitrogens is 1. The fourth-order valence-electron chi connectivity index (χ4n) is 6.10. The quantitative estimate of drug-likeness (QED) is 0.295. The zero-order valence-electron chi connectivity index (χ0n) is 24.0. The summed E-state index contributed by atoms with van der Waals surface area (Å²) in [7, 11) is 3.69. The molecule has 0 unspecified atom stereocenters. The maximum Gasteiger partial charge on any atom is 0.168 e. The monoisotopic (exact) mass is 553 g/mol. The molecule has 8 heteroatoms. The molecule has 1 aromatic heterocycles. The Morgan fingerprint density at radius 2 is 1.95 bits per heavy atom. The second-order valence-corrected chi connectivity index (χ2v) is 11.4. The standard InChI is InChI=1S/C21H17N3O2.C12H22N2O/c1-14(11-22)12-23-21-18-10-16(19-5-3-4-17(13-25)24-19)7-6-15(18)8-9-20(21)26-2;1-13-10-2-4-11(5-3-10)14-6-12(7-14)8-15-9-12/h3-10,13,23H,1,12H2,2H3;10-11,13H,2-9H2,1H3. The van der Waals surface area contributed by atoms with Crippen molar-refractivity contribution >= 4 is 22.7 Å². The number of nitrogens with zero attached hydrogens (tertiary/aromatic N) is 3. The molecule has 0 radical (unpaired) electrons. The Labute approximate surface area is 242 Å². The lowest BCUT2D eigenvalue weighted by Gasteiger charge is -2.58. The van der Waals surface area contributed by atoms with Crippen molar-refractivity contribution in [2.75, 3.05) is 52.3 Å². The molecule has 1 spiro atoms. The number of anilines is 1. The number of hydrogen-bond acceptors (Lipinski definition) is 8. The molecular formula is C33H39N5O3. The molecule has 3 aliphatic rings. The number of pyridine rings is 1. The largest absolute Gasteiger partial charge is 0.495 e. The molecule has 214 valence electrons. The fraction of sp³-hybridized carbons (Fsp3) is 0.424. The number of hydrogen-bond donors (Lipinski definition) is 2. The van der Waals surface area contributed by atoms with Crippen molar-refractivity contribution in [1.29, 1.82) is 5.26 Å². The molecule has 0 atom stereocenters. The van der Waals surface area contributed by atoms with E-state index in [-0.39, 0.29) is 0 Å². The molecule has 2 saturated heterocycles. The molecule has 41 heavy (non-hydrogen) atoms. The summed E-state index contributed by atoms with van der Waals surface area (Å²) >= 11 is 0. The van der Waals surface area contributed by atoms with Crippen LogP contribution >= 0.6 is 0 Å². The van der Waals surface area contributed by atoms with E-state index in [9.17, 15) is 4.79 Å². The van der Waals surface area contributed by atoms with Gasteiger partial charge in [-0.05, 0) is 62.4 Å². The highest BCUT2D eigenvalue weighted by Crippen LogP contribution is 2.41. The van der Waals surface area contributed by atoms with Gasteiger partial charge in [0.1, 0.15) is 11.4 Å². The average Bonchev–Trinajstić information content (AvgIpc) is 2.98. The number of nitriles is 1. The van der Waals surface area contributed by atoms with Crippen LogP contribution in [-0.4, -0.2) is 75.3 Å². The van der Waals surface area contributed by atoms with Crippen molar-refractivity contribution in [1.82, 2.24) is 15.2 Å². The van der Waals surface area contributed by atoms with Crippen molar-refractivity contribution in [2.24, 2.45) is 5.41 Å². The van der Waals surface area contributed by atoms with Gasteiger partial charge in [-0.2, -0.15) is 5.26 Å². The van der Waals surface area contributed by atoms with Gasteiger partial charge in [-0.25, -0.2) is 4.98 Å². The van der Waals surface area contributed by atoms with Gasteiger partial charge in [0, 0.05) is 53.7 Å². The Balaban J connectivity index is 0.000000189. The van der Waals surface area contributed by atoms with Crippen LogP contribution in [0.2, 0.25) is 0 Å². The number of fused-ring (bicyclic) bond motifs is 1. The topological polar surface area (TPSA) is 99.5 Å². The highest BCUT2D eigenvalue weighted by molar-refractivity contribution is 5.99. The normalized spacial score (nSPS) is 21.0. The third kappa shape index (κ3) is 6.43. The van der Waals surface area contributed by atoms with E-state index in [1.807, 2.05) is 42.5 Å². The lowest BCUT2D eigenvalue weighted by molar-refractivity contribution is -0.200. The Bertz CT molecular complexity index is 1430. The van der Waals surface area contributed by atoms with Crippen molar-refractivity contribution in [2.45, 2.75) is 37.8 Å². The minimum absolute atomic E-state index is 0.328. The third-order valence-corrected chi connectivity index (χ3v) is 8.54. The van der Waals surface area contributed by atoms with Crippen LogP contribution in [0.5, 0.6) is 5.75 Å². The van der Waals surface area contributed by atoms with Crippen LogP contribution in [0.25, 0.3) is 22.0 Å². The number of carbonyl (C=O) groups excluding carboxylic acids is 1. The molecule has 2 aliphatic heterocycles. The highest BCUT2D eigenvalue weighted by Gasteiger charge is 2.50. The van der Waals surface area contributed by atoms with Crippen LogP contribution < -0.4 is 15.4 Å². The van der Waals surface area contributed by atoms with Gasteiger partial charge in [0.05, 0.1) is 37.8 Å². The van der Waals surface area contributed by atoms with E-state index in [1.54, 1.807) is 19.2 Å². The molecular weight excluding hydrogens is 514 g/mol. The van der Waals surface area contributed by atoms with Crippen molar-refractivity contribution in [3.8, 4) is 23.1 Å². The number of carbonyl (C=O) groups is 1. The Kier molecular flexibility index (Phi) is 8.99. The lowest BCUT2D eigenvalue weighted by atomic mass is 9.75. The van der Waals surface area contributed by atoms with E-state index in [4.69, 9.17) is 14.7 Å². The average molecular weight is 554 g/mol. The number of nitrogens with one attached hydrogen (secondary N) is 2. The fourth-order valence-corrected chi connectivity index (χ4v) is 6.10. The van der Waals surface area contributed by atoms with Gasteiger partial charge >= 0.3 is 0 Å². The molecule has 6 rings (SSSR count). The van der Waals surface area contributed by atoms with Crippen LogP contribution in [0.1, 0.15) is 36.2 Å². The van der Waals surface area contributed by atoms with Gasteiger partial charge in [0.25, 0.3) is 0 Å². The number of rotatable bonds is 8. The molecule has 2 aromatic carbocycles. The van der Waals surface area contributed by atoms with Gasteiger partial charge < -0.3 is 20.1 Å². The molecule has 0 amide bonds. The minimum Gasteiger partial charge on any atom is -0.495 e. The SMILES string of the molecule is C=C(C#N)CNc1c(OC)ccc2ccc(-c3cccc(C=O)n3)cc12.CNC1CCC(N2CC3(COC3)C2)CC1. The Morgan fingerprint density at radius 3 is 2.59 bits per heavy atom. The first-order valence-corrected chi connectivity index (χ1v) is 14.3. The summed E-state index contributed by atoms with van der Waals surface area (Å²) in [6, 6.07) is 18.8. The van der Waals surface area contributed by atoms with Crippen molar-refractivity contribution in [3.05, 3.63) is 66.4 Å². The van der Waals surface area contributed by atoms with Crippen LogP contribution in [0.4, 0.5) is 5.69 Å². The number of methoxy groups -OCH3 is 1. The maximum atomic E-state index is 11.0. The summed E-state index contributed by atoms with van der Waals surface area (Å²) in [4.78, 5) is 18.0. The van der Waals surface area contributed by atoms with E-state index in [0.29, 0.717) is 34.7 Å². The van der Waals surface area contributed by atoms with E-state index < -0.39 is 0 Å². The maximum absolute atomic E-state index is 11.0. The molecule has 3 fully saturated rings.